The van der Waals surface area contributed by atoms with Gasteiger partial charge in [0.05, 0.1) is 17.3 Å². The zero-order valence-corrected chi connectivity index (χ0v) is 11.6. The predicted molar refractivity (Wildman–Crippen MR) is 68.4 cm³/mol. The van der Waals surface area contributed by atoms with Crippen LogP contribution in [0.15, 0.2) is 21.2 Å². The largest absolute Gasteiger partial charge is 0.460 e. The molecular formula is C11H15BrN2O4. The Labute approximate surface area is 113 Å². The number of urea groups is 1. The van der Waals surface area contributed by atoms with Crippen LogP contribution in [0.1, 0.15) is 23.9 Å². The molecule has 18 heavy (non-hydrogen) atoms. The number of rotatable bonds is 6. The maximum Gasteiger partial charge on any atom is 0.375 e. The van der Waals surface area contributed by atoms with Crippen molar-refractivity contribution in [3.63, 3.8) is 0 Å². The molecule has 1 rings (SSSR count). The fourth-order valence-electron chi connectivity index (χ4n) is 1.17. The lowest BCUT2D eigenvalue weighted by Crippen LogP contribution is -2.36. The Kier molecular flexibility index (Phi) is 6.27. The number of ether oxygens (including phenoxy) is 1. The van der Waals surface area contributed by atoms with Crippen molar-refractivity contribution in [1.82, 2.24) is 10.6 Å². The summed E-state index contributed by atoms with van der Waals surface area (Å²) < 4.78 is 10.5. The Morgan fingerprint density at radius 2 is 2.22 bits per heavy atom. The Morgan fingerprint density at radius 1 is 1.44 bits per heavy atom. The highest BCUT2D eigenvalue weighted by atomic mass is 79.9. The molecule has 6 nitrogen and oxygen atoms in total. The number of carbonyl (C=O) groups is 2. The maximum absolute atomic E-state index is 11.5. The van der Waals surface area contributed by atoms with E-state index in [0.29, 0.717) is 24.0 Å². The van der Waals surface area contributed by atoms with Crippen molar-refractivity contribution in [1.29, 1.82) is 0 Å². The standard InChI is InChI=1S/C11H15BrN2O4/c1-2-13-11(16)14-5-3-6-18-10(15)9-8(12)4-7-17-9/h4,7H,2-3,5-6H2,1H3,(H2,13,14,16). The molecule has 0 aliphatic heterocycles. The van der Waals surface area contributed by atoms with Crippen molar-refractivity contribution < 1.29 is 18.7 Å². The number of halogens is 1. The average Bonchev–Trinajstić information content (AvgIpc) is 2.75. The van der Waals surface area contributed by atoms with Crippen LogP contribution >= 0.6 is 15.9 Å². The summed E-state index contributed by atoms with van der Waals surface area (Å²) in [4.78, 5) is 22.5. The minimum absolute atomic E-state index is 0.145. The van der Waals surface area contributed by atoms with Crippen molar-refractivity contribution in [2.75, 3.05) is 19.7 Å². The summed E-state index contributed by atoms with van der Waals surface area (Å²) in [6.07, 6.45) is 1.94. The van der Waals surface area contributed by atoms with E-state index in [1.807, 2.05) is 6.92 Å². The summed E-state index contributed by atoms with van der Waals surface area (Å²) in [6.45, 7) is 3.08. The predicted octanol–water partition coefficient (Wildman–Crippen LogP) is 1.91. The first-order valence-corrected chi connectivity index (χ1v) is 6.36. The van der Waals surface area contributed by atoms with Gasteiger partial charge in [0.2, 0.25) is 5.76 Å². The van der Waals surface area contributed by atoms with Crippen molar-refractivity contribution in [2.45, 2.75) is 13.3 Å². The van der Waals surface area contributed by atoms with Crippen molar-refractivity contribution in [3.05, 3.63) is 22.6 Å². The third-order valence-electron chi connectivity index (χ3n) is 1.98. The molecule has 7 heteroatoms. The van der Waals surface area contributed by atoms with E-state index >= 15 is 0 Å². The first-order chi connectivity index (χ1) is 8.65. The van der Waals surface area contributed by atoms with Crippen LogP contribution in [0, 0.1) is 0 Å². The summed E-state index contributed by atoms with van der Waals surface area (Å²) in [5.41, 5.74) is 0. The van der Waals surface area contributed by atoms with E-state index in [1.165, 1.54) is 6.26 Å². The average molecular weight is 319 g/mol. The van der Waals surface area contributed by atoms with Crippen LogP contribution in [0.5, 0.6) is 0 Å². The van der Waals surface area contributed by atoms with Crippen LogP contribution in [-0.2, 0) is 4.74 Å². The quantitative estimate of drug-likeness (QED) is 0.620. The first-order valence-electron chi connectivity index (χ1n) is 5.57. The van der Waals surface area contributed by atoms with Gasteiger partial charge >= 0.3 is 12.0 Å². The van der Waals surface area contributed by atoms with E-state index < -0.39 is 5.97 Å². The van der Waals surface area contributed by atoms with Crippen molar-refractivity contribution in [2.24, 2.45) is 0 Å². The van der Waals surface area contributed by atoms with E-state index in [-0.39, 0.29) is 18.4 Å². The Balaban J connectivity index is 2.13. The van der Waals surface area contributed by atoms with E-state index in [0.717, 1.165) is 0 Å². The molecule has 1 aromatic rings. The molecule has 0 saturated heterocycles. The lowest BCUT2D eigenvalue weighted by Gasteiger charge is -2.06. The van der Waals surface area contributed by atoms with Gasteiger partial charge in [-0.1, -0.05) is 0 Å². The van der Waals surface area contributed by atoms with Gasteiger partial charge in [0.1, 0.15) is 0 Å². The zero-order valence-electron chi connectivity index (χ0n) is 9.99. The second-order valence-electron chi connectivity index (χ2n) is 3.37. The number of carbonyl (C=O) groups excluding carboxylic acids is 2. The van der Waals surface area contributed by atoms with Crippen LogP contribution in [-0.4, -0.2) is 31.7 Å². The van der Waals surface area contributed by atoms with Gasteiger partial charge < -0.3 is 19.8 Å². The third-order valence-corrected chi connectivity index (χ3v) is 2.60. The Bertz CT molecular complexity index is 406. The number of furan rings is 1. The monoisotopic (exact) mass is 318 g/mol. The fraction of sp³-hybridized carbons (Fsp3) is 0.455. The molecule has 0 aromatic carbocycles. The molecule has 0 unspecified atom stereocenters. The highest BCUT2D eigenvalue weighted by Gasteiger charge is 2.14. The highest BCUT2D eigenvalue weighted by Crippen LogP contribution is 2.18. The van der Waals surface area contributed by atoms with Crippen LogP contribution in [0.3, 0.4) is 0 Å². The molecule has 100 valence electrons. The van der Waals surface area contributed by atoms with Gasteiger partial charge in [0, 0.05) is 13.1 Å². The highest BCUT2D eigenvalue weighted by molar-refractivity contribution is 9.10. The lowest BCUT2D eigenvalue weighted by atomic mass is 10.4. The molecule has 0 spiro atoms. The summed E-state index contributed by atoms with van der Waals surface area (Å²) in [5.74, 6) is -0.378. The molecule has 2 amide bonds. The number of amides is 2. The summed E-state index contributed by atoms with van der Waals surface area (Å²) in [6, 6.07) is 1.39. The van der Waals surface area contributed by atoms with Crippen molar-refractivity contribution >= 4 is 27.9 Å². The Hall–Kier alpha value is -1.50. The molecule has 0 fully saturated rings. The van der Waals surface area contributed by atoms with E-state index in [9.17, 15) is 9.59 Å². The molecular weight excluding hydrogens is 304 g/mol. The SMILES string of the molecule is CCNC(=O)NCCCOC(=O)c1occc1Br. The summed E-state index contributed by atoms with van der Waals surface area (Å²) in [5, 5.41) is 5.23. The number of esters is 1. The van der Waals surface area contributed by atoms with Gasteiger partial charge in [-0.15, -0.1) is 0 Å². The summed E-state index contributed by atoms with van der Waals surface area (Å²) in [7, 11) is 0. The molecule has 0 atom stereocenters. The van der Waals surface area contributed by atoms with Gasteiger partial charge in [-0.05, 0) is 35.3 Å². The third kappa shape index (κ3) is 4.79. The van der Waals surface area contributed by atoms with Crippen LogP contribution in [0.4, 0.5) is 4.79 Å². The first kappa shape index (κ1) is 14.6. The van der Waals surface area contributed by atoms with Gasteiger partial charge in [-0.3, -0.25) is 0 Å². The van der Waals surface area contributed by atoms with E-state index in [1.54, 1.807) is 6.07 Å². The molecule has 0 radical (unpaired) electrons. The molecule has 0 bridgehead atoms. The summed E-state index contributed by atoms with van der Waals surface area (Å²) >= 11 is 3.17. The minimum atomic E-state index is -0.523. The van der Waals surface area contributed by atoms with E-state index in [2.05, 4.69) is 26.6 Å². The zero-order chi connectivity index (χ0) is 13.4. The minimum Gasteiger partial charge on any atom is -0.460 e. The maximum atomic E-state index is 11.5. The van der Waals surface area contributed by atoms with Crippen LogP contribution in [0.2, 0.25) is 0 Å². The van der Waals surface area contributed by atoms with Gasteiger partial charge in [0.25, 0.3) is 0 Å². The topological polar surface area (TPSA) is 80.6 Å². The van der Waals surface area contributed by atoms with Crippen LogP contribution in [0.25, 0.3) is 0 Å². The second-order valence-corrected chi connectivity index (χ2v) is 4.23. The molecule has 2 N–H and O–H groups in total. The molecule has 1 aromatic heterocycles. The fourth-order valence-corrected chi connectivity index (χ4v) is 1.53. The number of hydrogen-bond acceptors (Lipinski definition) is 4. The lowest BCUT2D eigenvalue weighted by molar-refractivity contribution is 0.0464. The molecule has 0 aliphatic rings. The molecule has 1 heterocycles. The molecule has 0 saturated carbocycles. The second kappa shape index (κ2) is 7.75. The van der Waals surface area contributed by atoms with E-state index in [4.69, 9.17) is 9.15 Å². The Morgan fingerprint density at radius 3 is 2.83 bits per heavy atom. The van der Waals surface area contributed by atoms with Gasteiger partial charge in [-0.2, -0.15) is 0 Å². The number of nitrogens with one attached hydrogen (secondary N) is 2. The normalized spacial score (nSPS) is 9.89. The smallest absolute Gasteiger partial charge is 0.375 e. The van der Waals surface area contributed by atoms with Crippen molar-refractivity contribution in [3.8, 4) is 0 Å². The van der Waals surface area contributed by atoms with Gasteiger partial charge in [0.15, 0.2) is 0 Å². The van der Waals surface area contributed by atoms with Crippen LogP contribution < -0.4 is 10.6 Å². The van der Waals surface area contributed by atoms with Gasteiger partial charge in [-0.25, -0.2) is 9.59 Å². The molecule has 0 aliphatic carbocycles. The number of hydrogen-bond donors (Lipinski definition) is 2.